The van der Waals surface area contributed by atoms with E-state index in [0.717, 1.165) is 12.1 Å². The van der Waals surface area contributed by atoms with Gasteiger partial charge >= 0.3 is 0 Å². The molecule has 0 saturated carbocycles. The monoisotopic (exact) mass is 383 g/mol. The number of benzene rings is 2. The average molecular weight is 383 g/mol. The molecule has 1 atom stereocenters. The number of rotatable bonds is 7. The van der Waals surface area contributed by atoms with E-state index in [-0.39, 0.29) is 18.2 Å². The van der Waals surface area contributed by atoms with Crippen LogP contribution in [0.15, 0.2) is 59.6 Å². The molecule has 7 heteroatoms. The molecule has 140 valence electrons. The highest BCUT2D eigenvalue weighted by atomic mass is 32.2. The van der Waals surface area contributed by atoms with Gasteiger partial charge in [-0.1, -0.05) is 49.0 Å². The topological polar surface area (TPSA) is 79.8 Å². The summed E-state index contributed by atoms with van der Waals surface area (Å²) >= 11 is 1.27. The quantitative estimate of drug-likeness (QED) is 0.764. The Hall–Kier alpha value is -2.80. The van der Waals surface area contributed by atoms with Gasteiger partial charge in [0.1, 0.15) is 11.0 Å². The number of hydrogen-bond acceptors (Lipinski definition) is 5. The summed E-state index contributed by atoms with van der Waals surface area (Å²) in [5, 5.41) is 5.57. The van der Waals surface area contributed by atoms with Gasteiger partial charge in [0.2, 0.25) is 11.8 Å². The highest BCUT2D eigenvalue weighted by Gasteiger charge is 2.32. The summed E-state index contributed by atoms with van der Waals surface area (Å²) in [6.07, 6.45) is 0.942. The van der Waals surface area contributed by atoms with E-state index in [1.807, 2.05) is 55.5 Å². The van der Waals surface area contributed by atoms with Crippen molar-refractivity contribution in [1.29, 1.82) is 0 Å². The second-order valence-electron chi connectivity index (χ2n) is 5.95. The predicted octanol–water partition coefficient (Wildman–Crippen LogP) is 3.72. The fraction of sp³-hybridized carbons (Fsp3) is 0.250. The van der Waals surface area contributed by atoms with Crippen molar-refractivity contribution in [3.8, 4) is 5.75 Å². The minimum Gasteiger partial charge on any atom is -0.491 e. The number of nitrogens with one attached hydrogen (secondary N) is 2. The number of ether oxygens (including phenoxy) is 1. The molecule has 1 aliphatic rings. The summed E-state index contributed by atoms with van der Waals surface area (Å²) in [5.74, 6) is 0.180. The van der Waals surface area contributed by atoms with E-state index in [2.05, 4.69) is 15.6 Å². The van der Waals surface area contributed by atoms with Crippen LogP contribution >= 0.6 is 11.8 Å². The molecule has 6 nitrogen and oxygen atoms in total. The van der Waals surface area contributed by atoms with Crippen LogP contribution in [0.1, 0.15) is 19.8 Å². The van der Waals surface area contributed by atoms with Crippen molar-refractivity contribution >= 4 is 40.1 Å². The summed E-state index contributed by atoms with van der Waals surface area (Å²) in [5.41, 5.74) is 1.37. The zero-order valence-electron chi connectivity index (χ0n) is 15.0. The first-order chi connectivity index (χ1) is 13.2. The maximum atomic E-state index is 12.4. The SMILES string of the molecule is CCCOc1ccccc1NC(=O)CC1SC(=Nc2ccccc2)NC1=O. The lowest BCUT2D eigenvalue weighted by molar-refractivity contribution is -0.122. The number of anilines is 1. The Morgan fingerprint density at radius 2 is 1.93 bits per heavy atom. The minimum atomic E-state index is -0.504. The molecular weight excluding hydrogens is 362 g/mol. The van der Waals surface area contributed by atoms with Crippen molar-refractivity contribution in [3.63, 3.8) is 0 Å². The van der Waals surface area contributed by atoms with Crippen LogP contribution in [0.25, 0.3) is 0 Å². The van der Waals surface area contributed by atoms with Gasteiger partial charge in [0.15, 0.2) is 5.17 Å². The molecule has 1 unspecified atom stereocenters. The van der Waals surface area contributed by atoms with E-state index >= 15 is 0 Å². The van der Waals surface area contributed by atoms with Crippen molar-refractivity contribution in [2.24, 2.45) is 4.99 Å². The van der Waals surface area contributed by atoms with E-state index < -0.39 is 5.25 Å². The van der Waals surface area contributed by atoms with Gasteiger partial charge in [0, 0.05) is 6.42 Å². The molecular formula is C20H21N3O3S. The lowest BCUT2D eigenvalue weighted by atomic mass is 10.2. The maximum absolute atomic E-state index is 12.4. The van der Waals surface area contributed by atoms with E-state index in [1.54, 1.807) is 6.07 Å². The summed E-state index contributed by atoms with van der Waals surface area (Å²) in [6.45, 7) is 2.60. The molecule has 2 N–H and O–H groups in total. The first kappa shape index (κ1) is 19.0. The van der Waals surface area contributed by atoms with Crippen LogP contribution in [0.5, 0.6) is 5.75 Å². The van der Waals surface area contributed by atoms with Crippen LogP contribution in [0.2, 0.25) is 0 Å². The molecule has 0 spiro atoms. The standard InChI is InChI=1S/C20H21N3O3S/c1-2-12-26-16-11-7-6-10-15(16)22-18(24)13-17-19(25)23-20(27-17)21-14-8-4-3-5-9-14/h3-11,17H,2,12-13H2,1H3,(H,22,24)(H,21,23,25). The third kappa shape index (κ3) is 5.34. The third-order valence-electron chi connectivity index (χ3n) is 3.76. The molecule has 1 fully saturated rings. The fourth-order valence-electron chi connectivity index (χ4n) is 2.49. The Morgan fingerprint density at radius 1 is 1.19 bits per heavy atom. The molecule has 1 heterocycles. The second-order valence-corrected chi connectivity index (χ2v) is 7.14. The van der Waals surface area contributed by atoms with E-state index in [4.69, 9.17) is 4.74 Å². The predicted molar refractivity (Wildman–Crippen MR) is 109 cm³/mol. The number of carbonyl (C=O) groups is 2. The first-order valence-electron chi connectivity index (χ1n) is 8.78. The highest BCUT2D eigenvalue weighted by molar-refractivity contribution is 8.15. The van der Waals surface area contributed by atoms with Crippen LogP contribution in [0.4, 0.5) is 11.4 Å². The average Bonchev–Trinajstić information content (AvgIpc) is 3.00. The normalized spacial score (nSPS) is 17.6. The van der Waals surface area contributed by atoms with E-state index in [0.29, 0.717) is 23.2 Å². The van der Waals surface area contributed by atoms with Gasteiger partial charge in [-0.2, -0.15) is 0 Å². The highest BCUT2D eigenvalue weighted by Crippen LogP contribution is 2.27. The van der Waals surface area contributed by atoms with Crippen LogP contribution in [-0.4, -0.2) is 28.8 Å². The maximum Gasteiger partial charge on any atom is 0.240 e. The Kier molecular flexibility index (Phi) is 6.49. The van der Waals surface area contributed by atoms with Gasteiger partial charge in [-0.15, -0.1) is 0 Å². The van der Waals surface area contributed by atoms with E-state index in [1.165, 1.54) is 11.8 Å². The number of aliphatic imine (C=N–C) groups is 1. The van der Waals surface area contributed by atoms with Crippen molar-refractivity contribution in [1.82, 2.24) is 5.32 Å². The summed E-state index contributed by atoms with van der Waals surface area (Å²) in [7, 11) is 0. The van der Waals surface area contributed by atoms with Crippen molar-refractivity contribution in [2.75, 3.05) is 11.9 Å². The van der Waals surface area contributed by atoms with Gasteiger partial charge in [0.25, 0.3) is 0 Å². The zero-order chi connectivity index (χ0) is 19.1. The largest absolute Gasteiger partial charge is 0.491 e. The van der Waals surface area contributed by atoms with Crippen LogP contribution in [0, 0.1) is 0 Å². The Morgan fingerprint density at radius 3 is 2.70 bits per heavy atom. The van der Waals surface area contributed by atoms with Crippen LogP contribution in [-0.2, 0) is 9.59 Å². The van der Waals surface area contributed by atoms with Crippen molar-refractivity contribution in [2.45, 2.75) is 25.0 Å². The van der Waals surface area contributed by atoms with Gasteiger partial charge in [-0.25, -0.2) is 4.99 Å². The van der Waals surface area contributed by atoms with Crippen molar-refractivity contribution in [3.05, 3.63) is 54.6 Å². The van der Waals surface area contributed by atoms with E-state index in [9.17, 15) is 9.59 Å². The smallest absolute Gasteiger partial charge is 0.240 e. The summed E-state index contributed by atoms with van der Waals surface area (Å²) < 4.78 is 5.64. The number of hydrogen-bond donors (Lipinski definition) is 2. The molecule has 0 bridgehead atoms. The Labute approximate surface area is 162 Å². The lowest BCUT2D eigenvalue weighted by Gasteiger charge is -2.12. The van der Waals surface area contributed by atoms with Crippen LogP contribution in [0.3, 0.4) is 0 Å². The molecule has 1 saturated heterocycles. The molecule has 0 radical (unpaired) electrons. The Balaban J connectivity index is 1.60. The van der Waals surface area contributed by atoms with Crippen LogP contribution < -0.4 is 15.4 Å². The molecule has 0 aliphatic carbocycles. The molecule has 2 aromatic rings. The Bertz CT molecular complexity index is 839. The van der Waals surface area contributed by atoms with Gasteiger partial charge in [0.05, 0.1) is 18.0 Å². The molecule has 3 rings (SSSR count). The number of amidine groups is 1. The van der Waals surface area contributed by atoms with Gasteiger partial charge in [-0.05, 0) is 30.7 Å². The number of thioether (sulfide) groups is 1. The number of nitrogens with zero attached hydrogens (tertiary/aromatic N) is 1. The number of para-hydroxylation sites is 3. The molecule has 1 aliphatic heterocycles. The van der Waals surface area contributed by atoms with Gasteiger partial charge in [-0.3, -0.25) is 9.59 Å². The first-order valence-corrected chi connectivity index (χ1v) is 9.66. The number of amides is 2. The second kappa shape index (κ2) is 9.23. The minimum absolute atomic E-state index is 0.0619. The summed E-state index contributed by atoms with van der Waals surface area (Å²) in [6, 6.07) is 16.6. The third-order valence-corrected chi connectivity index (χ3v) is 4.84. The summed E-state index contributed by atoms with van der Waals surface area (Å²) in [4.78, 5) is 29.0. The molecule has 2 amide bonds. The molecule has 0 aromatic heterocycles. The lowest BCUT2D eigenvalue weighted by Crippen LogP contribution is -2.28. The zero-order valence-corrected chi connectivity index (χ0v) is 15.8. The number of carbonyl (C=O) groups excluding carboxylic acids is 2. The van der Waals surface area contributed by atoms with Gasteiger partial charge < -0.3 is 15.4 Å². The molecule has 2 aromatic carbocycles. The van der Waals surface area contributed by atoms with Crippen molar-refractivity contribution < 1.29 is 14.3 Å². The molecule has 27 heavy (non-hydrogen) atoms. The fourth-order valence-corrected chi connectivity index (χ4v) is 3.48.